The van der Waals surface area contributed by atoms with E-state index in [4.69, 9.17) is 18.0 Å². The van der Waals surface area contributed by atoms with Crippen LogP contribution in [0.3, 0.4) is 0 Å². The number of nitrogens with one attached hydrogen (secondary N) is 1. The molecule has 0 atom stereocenters. The molecule has 0 fully saturated rings. The van der Waals surface area contributed by atoms with E-state index in [0.717, 1.165) is 24.2 Å². The summed E-state index contributed by atoms with van der Waals surface area (Å²) in [4.78, 5) is 0.427. The number of hydrogen-bond donors (Lipinski definition) is 2. The molecular formula is C17H20N2S. The molecule has 0 aliphatic carbocycles. The van der Waals surface area contributed by atoms with Crippen molar-refractivity contribution >= 4 is 22.9 Å². The Balaban J connectivity index is 2.22. The van der Waals surface area contributed by atoms with Crippen molar-refractivity contribution in [3.8, 4) is 0 Å². The number of thiocarbonyl (C=S) groups is 1. The Hall–Kier alpha value is -1.87. The normalized spacial score (nSPS) is 10.3. The van der Waals surface area contributed by atoms with Gasteiger partial charge in [0.1, 0.15) is 4.99 Å². The third-order valence-corrected chi connectivity index (χ3v) is 3.63. The second-order valence-corrected chi connectivity index (χ2v) is 5.33. The van der Waals surface area contributed by atoms with Gasteiger partial charge in [-0.05, 0) is 42.2 Å². The molecule has 3 heteroatoms. The summed E-state index contributed by atoms with van der Waals surface area (Å²) in [5.74, 6) is 0. The smallest absolute Gasteiger partial charge is 0.106 e. The van der Waals surface area contributed by atoms with Crippen LogP contribution in [-0.2, 0) is 13.0 Å². The topological polar surface area (TPSA) is 38.0 Å². The van der Waals surface area contributed by atoms with Gasteiger partial charge in [0.15, 0.2) is 0 Å². The molecule has 2 nitrogen and oxygen atoms in total. The maximum atomic E-state index is 5.78. The van der Waals surface area contributed by atoms with Gasteiger partial charge in [0.05, 0.1) is 0 Å². The van der Waals surface area contributed by atoms with E-state index in [0.29, 0.717) is 4.99 Å². The molecule has 0 heterocycles. The molecule has 0 spiro atoms. The summed E-state index contributed by atoms with van der Waals surface area (Å²) in [6.45, 7) is 5.02. The fourth-order valence-electron chi connectivity index (χ4n) is 2.28. The SMILES string of the molecule is CCc1ccccc1CNc1cc(C)ccc1C(N)=S. The third kappa shape index (κ3) is 3.36. The lowest BCUT2D eigenvalue weighted by molar-refractivity contribution is 1.04. The van der Waals surface area contributed by atoms with Crippen LogP contribution in [-0.4, -0.2) is 4.99 Å². The van der Waals surface area contributed by atoms with Crippen LogP contribution in [0.25, 0.3) is 0 Å². The van der Waals surface area contributed by atoms with E-state index in [-0.39, 0.29) is 0 Å². The average molecular weight is 284 g/mol. The number of anilines is 1. The molecule has 2 aromatic carbocycles. The van der Waals surface area contributed by atoms with Crippen LogP contribution in [0.1, 0.15) is 29.2 Å². The minimum Gasteiger partial charge on any atom is -0.389 e. The predicted molar refractivity (Wildman–Crippen MR) is 90.2 cm³/mol. The number of aryl methyl sites for hydroxylation is 2. The van der Waals surface area contributed by atoms with Crippen molar-refractivity contribution in [1.29, 1.82) is 0 Å². The van der Waals surface area contributed by atoms with Gasteiger partial charge in [-0.2, -0.15) is 0 Å². The van der Waals surface area contributed by atoms with E-state index >= 15 is 0 Å². The molecular weight excluding hydrogens is 264 g/mol. The van der Waals surface area contributed by atoms with Crippen LogP contribution in [0.5, 0.6) is 0 Å². The second kappa shape index (κ2) is 6.53. The van der Waals surface area contributed by atoms with Gasteiger partial charge in [-0.3, -0.25) is 0 Å². The summed E-state index contributed by atoms with van der Waals surface area (Å²) < 4.78 is 0. The third-order valence-electron chi connectivity index (χ3n) is 3.41. The first-order chi connectivity index (χ1) is 9.61. The maximum Gasteiger partial charge on any atom is 0.106 e. The van der Waals surface area contributed by atoms with Crippen molar-refractivity contribution in [2.24, 2.45) is 5.73 Å². The molecule has 2 rings (SSSR count). The molecule has 3 N–H and O–H groups in total. The Morgan fingerprint density at radius 1 is 1.15 bits per heavy atom. The van der Waals surface area contributed by atoms with Crippen LogP contribution in [0.15, 0.2) is 42.5 Å². The predicted octanol–water partition coefficient (Wildman–Crippen LogP) is 3.80. The summed E-state index contributed by atoms with van der Waals surface area (Å²) >= 11 is 5.11. The largest absolute Gasteiger partial charge is 0.389 e. The molecule has 0 unspecified atom stereocenters. The van der Waals surface area contributed by atoms with Crippen molar-refractivity contribution < 1.29 is 0 Å². The van der Waals surface area contributed by atoms with Crippen molar-refractivity contribution in [2.45, 2.75) is 26.8 Å². The average Bonchev–Trinajstić information content (AvgIpc) is 2.45. The Morgan fingerprint density at radius 2 is 1.85 bits per heavy atom. The standard InChI is InChI=1S/C17H20N2S/c1-3-13-6-4-5-7-14(13)11-19-16-10-12(2)8-9-15(16)17(18)20/h4-10,19H,3,11H2,1-2H3,(H2,18,20). The molecule has 0 amide bonds. The first-order valence-corrected chi connectivity index (χ1v) is 7.23. The highest BCUT2D eigenvalue weighted by atomic mass is 32.1. The van der Waals surface area contributed by atoms with E-state index < -0.39 is 0 Å². The molecule has 0 bridgehead atoms. The summed E-state index contributed by atoms with van der Waals surface area (Å²) in [7, 11) is 0. The van der Waals surface area contributed by atoms with Crippen molar-refractivity contribution in [1.82, 2.24) is 0 Å². The van der Waals surface area contributed by atoms with Gasteiger partial charge in [-0.15, -0.1) is 0 Å². The summed E-state index contributed by atoms with van der Waals surface area (Å²) in [6.07, 6.45) is 1.04. The maximum absolute atomic E-state index is 5.78. The van der Waals surface area contributed by atoms with Crippen LogP contribution >= 0.6 is 12.2 Å². The molecule has 0 aromatic heterocycles. The van der Waals surface area contributed by atoms with Gasteiger partial charge in [-0.25, -0.2) is 0 Å². The zero-order valence-electron chi connectivity index (χ0n) is 11.9. The number of benzene rings is 2. The summed E-state index contributed by atoms with van der Waals surface area (Å²) in [5.41, 5.74) is 11.6. The quantitative estimate of drug-likeness (QED) is 0.820. The molecule has 20 heavy (non-hydrogen) atoms. The van der Waals surface area contributed by atoms with Gasteiger partial charge in [0, 0.05) is 17.8 Å². The van der Waals surface area contributed by atoms with Crippen molar-refractivity contribution in [2.75, 3.05) is 5.32 Å². The monoisotopic (exact) mass is 284 g/mol. The highest BCUT2D eigenvalue weighted by Crippen LogP contribution is 2.19. The van der Waals surface area contributed by atoms with Crippen molar-refractivity contribution in [3.05, 3.63) is 64.7 Å². The first kappa shape index (κ1) is 14.5. The van der Waals surface area contributed by atoms with E-state index in [2.05, 4.69) is 49.5 Å². The molecule has 0 aliphatic heterocycles. The van der Waals surface area contributed by atoms with E-state index in [1.54, 1.807) is 0 Å². The van der Waals surface area contributed by atoms with Crippen LogP contribution in [0.2, 0.25) is 0 Å². The zero-order valence-corrected chi connectivity index (χ0v) is 12.8. The minimum atomic E-state index is 0.427. The molecule has 2 aromatic rings. The lowest BCUT2D eigenvalue weighted by Crippen LogP contribution is -2.13. The van der Waals surface area contributed by atoms with Crippen LogP contribution < -0.4 is 11.1 Å². The van der Waals surface area contributed by atoms with Gasteiger partial charge in [0.25, 0.3) is 0 Å². The van der Waals surface area contributed by atoms with Gasteiger partial charge >= 0.3 is 0 Å². The fourth-order valence-corrected chi connectivity index (χ4v) is 2.46. The zero-order chi connectivity index (χ0) is 14.5. The van der Waals surface area contributed by atoms with Crippen LogP contribution in [0.4, 0.5) is 5.69 Å². The van der Waals surface area contributed by atoms with Gasteiger partial charge in [-0.1, -0.05) is 49.5 Å². The molecule has 0 radical (unpaired) electrons. The molecule has 0 aliphatic rings. The Bertz CT molecular complexity index is 620. The van der Waals surface area contributed by atoms with E-state index in [1.807, 2.05) is 12.1 Å². The van der Waals surface area contributed by atoms with Crippen molar-refractivity contribution in [3.63, 3.8) is 0 Å². The van der Waals surface area contributed by atoms with E-state index in [1.165, 1.54) is 16.7 Å². The minimum absolute atomic E-state index is 0.427. The second-order valence-electron chi connectivity index (χ2n) is 4.89. The Morgan fingerprint density at radius 3 is 2.50 bits per heavy atom. The van der Waals surface area contributed by atoms with Gasteiger partial charge < -0.3 is 11.1 Å². The Labute approximate surface area is 126 Å². The number of hydrogen-bond acceptors (Lipinski definition) is 2. The number of rotatable bonds is 5. The molecule has 0 saturated carbocycles. The highest BCUT2D eigenvalue weighted by Gasteiger charge is 2.06. The lowest BCUT2D eigenvalue weighted by Gasteiger charge is -2.14. The van der Waals surface area contributed by atoms with Gasteiger partial charge in [0.2, 0.25) is 0 Å². The lowest BCUT2D eigenvalue weighted by atomic mass is 10.0. The number of nitrogens with two attached hydrogens (primary N) is 1. The van der Waals surface area contributed by atoms with E-state index in [9.17, 15) is 0 Å². The summed E-state index contributed by atoms with van der Waals surface area (Å²) in [5, 5.41) is 3.46. The molecule has 104 valence electrons. The molecule has 0 saturated heterocycles. The van der Waals surface area contributed by atoms with Crippen LogP contribution in [0, 0.1) is 6.92 Å². The highest BCUT2D eigenvalue weighted by molar-refractivity contribution is 7.80. The summed E-state index contributed by atoms with van der Waals surface area (Å²) in [6, 6.07) is 14.6. The Kier molecular flexibility index (Phi) is 4.74. The fraction of sp³-hybridized carbons (Fsp3) is 0.235. The first-order valence-electron chi connectivity index (χ1n) is 6.83.